The zero-order valence-corrected chi connectivity index (χ0v) is 10.7. The summed E-state index contributed by atoms with van der Waals surface area (Å²) in [4.78, 5) is 0. The number of aromatic nitrogens is 2. The summed E-state index contributed by atoms with van der Waals surface area (Å²) in [5.41, 5.74) is 2.49. The lowest BCUT2D eigenvalue weighted by molar-refractivity contribution is 0.797. The first-order valence-electron chi connectivity index (χ1n) is 5.66. The van der Waals surface area contributed by atoms with E-state index in [0.29, 0.717) is 0 Å². The van der Waals surface area contributed by atoms with Crippen molar-refractivity contribution >= 4 is 10.9 Å². The molecule has 1 heterocycles. The summed E-state index contributed by atoms with van der Waals surface area (Å²) in [6, 6.07) is 6.23. The van der Waals surface area contributed by atoms with E-state index in [1.54, 1.807) is 0 Å². The smallest absolute Gasteiger partial charge is 0.0681 e. The predicted molar refractivity (Wildman–Crippen MR) is 68.1 cm³/mol. The zero-order chi connectivity index (χ0) is 11.8. The molecule has 0 radical (unpaired) electrons. The Hall–Kier alpha value is -1.31. The minimum atomic E-state index is 1.20. The van der Waals surface area contributed by atoms with Crippen LogP contribution in [0.3, 0.4) is 0 Å². The Morgan fingerprint density at radius 1 is 1.07 bits per heavy atom. The fraction of sp³-hybridized carbons (Fsp3) is 0.462. The van der Waals surface area contributed by atoms with E-state index in [9.17, 15) is 0 Å². The Labute approximate surface area is 92.9 Å². The van der Waals surface area contributed by atoms with Crippen molar-refractivity contribution in [1.29, 1.82) is 0 Å². The molecule has 2 rings (SSSR count). The molecule has 1 aromatic heterocycles. The van der Waals surface area contributed by atoms with Gasteiger partial charge in [-0.2, -0.15) is 5.10 Å². The topological polar surface area (TPSA) is 17.8 Å². The largest absolute Gasteiger partial charge is 0.268 e. The molecule has 2 nitrogen and oxygen atoms in total. The van der Waals surface area contributed by atoms with Crippen molar-refractivity contribution in [3.63, 3.8) is 0 Å². The summed E-state index contributed by atoms with van der Waals surface area (Å²) in [6.45, 7) is 10.1. The molecule has 2 heteroatoms. The number of hydrogen-bond donors (Lipinski definition) is 0. The van der Waals surface area contributed by atoms with Gasteiger partial charge in [0.2, 0.25) is 0 Å². The number of fused-ring (bicyclic) bond motifs is 1. The SMILES string of the molecule is CC.CC.Cc1cccc2c1cnn2C. The van der Waals surface area contributed by atoms with Gasteiger partial charge in [-0.15, -0.1) is 0 Å². The van der Waals surface area contributed by atoms with Gasteiger partial charge in [-0.05, 0) is 18.6 Å². The van der Waals surface area contributed by atoms with E-state index in [-0.39, 0.29) is 0 Å². The summed E-state index contributed by atoms with van der Waals surface area (Å²) in [6.07, 6.45) is 1.91. The molecular formula is C13H22N2. The average Bonchev–Trinajstić information content (AvgIpc) is 2.68. The third kappa shape index (κ3) is 3.08. The van der Waals surface area contributed by atoms with Gasteiger partial charge >= 0.3 is 0 Å². The van der Waals surface area contributed by atoms with E-state index in [4.69, 9.17) is 0 Å². The van der Waals surface area contributed by atoms with Gasteiger partial charge in [0.05, 0.1) is 11.7 Å². The van der Waals surface area contributed by atoms with Gasteiger partial charge in [-0.1, -0.05) is 39.8 Å². The molecule has 0 N–H and O–H groups in total. The van der Waals surface area contributed by atoms with Gasteiger partial charge in [-0.3, -0.25) is 4.68 Å². The molecule has 2 aromatic rings. The van der Waals surface area contributed by atoms with Crippen LogP contribution in [0.4, 0.5) is 0 Å². The Bertz CT molecular complexity index is 388. The standard InChI is InChI=1S/C9H10N2.2C2H6/c1-7-4-3-5-9-8(7)6-10-11(9)2;2*1-2/h3-6H,1-2H3;2*1-2H3. The molecule has 0 aliphatic heterocycles. The van der Waals surface area contributed by atoms with Crippen LogP contribution in [0.2, 0.25) is 0 Å². The van der Waals surface area contributed by atoms with Crippen molar-refractivity contribution in [2.45, 2.75) is 34.6 Å². The summed E-state index contributed by atoms with van der Waals surface area (Å²) in [5.74, 6) is 0. The van der Waals surface area contributed by atoms with Gasteiger partial charge in [0.25, 0.3) is 0 Å². The minimum absolute atomic E-state index is 1.20. The second kappa shape index (κ2) is 7.04. The first kappa shape index (κ1) is 13.7. The lowest BCUT2D eigenvalue weighted by Gasteiger charge is -1.94. The molecule has 0 spiro atoms. The van der Waals surface area contributed by atoms with Crippen LogP contribution in [0, 0.1) is 6.92 Å². The summed E-state index contributed by atoms with van der Waals surface area (Å²) in [5, 5.41) is 5.42. The van der Waals surface area contributed by atoms with Crippen molar-refractivity contribution in [1.82, 2.24) is 9.78 Å². The molecule has 0 atom stereocenters. The van der Waals surface area contributed by atoms with Crippen LogP contribution in [-0.4, -0.2) is 9.78 Å². The molecule has 0 bridgehead atoms. The summed E-state index contributed by atoms with van der Waals surface area (Å²) >= 11 is 0. The molecule has 0 unspecified atom stereocenters. The Morgan fingerprint density at radius 2 is 1.67 bits per heavy atom. The molecule has 15 heavy (non-hydrogen) atoms. The van der Waals surface area contributed by atoms with Gasteiger partial charge in [-0.25, -0.2) is 0 Å². The van der Waals surface area contributed by atoms with Crippen molar-refractivity contribution in [3.05, 3.63) is 30.0 Å². The molecule has 0 amide bonds. The quantitative estimate of drug-likeness (QED) is 0.638. The highest BCUT2D eigenvalue weighted by molar-refractivity contribution is 5.81. The maximum absolute atomic E-state index is 4.17. The first-order valence-corrected chi connectivity index (χ1v) is 5.66. The van der Waals surface area contributed by atoms with E-state index in [2.05, 4.69) is 30.2 Å². The zero-order valence-electron chi connectivity index (χ0n) is 10.7. The van der Waals surface area contributed by atoms with Crippen LogP contribution in [0.25, 0.3) is 10.9 Å². The molecule has 0 aliphatic carbocycles. The Kier molecular flexibility index (Phi) is 6.43. The fourth-order valence-corrected chi connectivity index (χ4v) is 1.32. The highest BCUT2D eigenvalue weighted by Gasteiger charge is 1.99. The third-order valence-electron chi connectivity index (χ3n) is 2.01. The average molecular weight is 206 g/mol. The fourth-order valence-electron chi connectivity index (χ4n) is 1.32. The van der Waals surface area contributed by atoms with Crippen molar-refractivity contribution in [2.24, 2.45) is 7.05 Å². The lowest BCUT2D eigenvalue weighted by atomic mass is 10.1. The van der Waals surface area contributed by atoms with Crippen molar-refractivity contribution in [2.75, 3.05) is 0 Å². The van der Waals surface area contributed by atoms with Gasteiger partial charge in [0, 0.05) is 12.4 Å². The van der Waals surface area contributed by atoms with E-state index in [1.165, 1.54) is 16.5 Å². The molecule has 0 aliphatic rings. The third-order valence-corrected chi connectivity index (χ3v) is 2.01. The highest BCUT2D eigenvalue weighted by Crippen LogP contribution is 2.15. The predicted octanol–water partition coefficient (Wildman–Crippen LogP) is 3.93. The van der Waals surface area contributed by atoms with Crippen LogP contribution in [0.5, 0.6) is 0 Å². The van der Waals surface area contributed by atoms with Crippen molar-refractivity contribution in [3.8, 4) is 0 Å². The van der Waals surface area contributed by atoms with Crippen LogP contribution in [-0.2, 0) is 7.05 Å². The van der Waals surface area contributed by atoms with E-state index in [1.807, 2.05) is 45.6 Å². The number of benzene rings is 1. The van der Waals surface area contributed by atoms with E-state index >= 15 is 0 Å². The molecule has 0 saturated heterocycles. The normalized spacial score (nSPS) is 8.67. The molecule has 0 fully saturated rings. The van der Waals surface area contributed by atoms with Crippen LogP contribution >= 0.6 is 0 Å². The Morgan fingerprint density at radius 3 is 2.20 bits per heavy atom. The van der Waals surface area contributed by atoms with Crippen LogP contribution < -0.4 is 0 Å². The molecule has 0 saturated carbocycles. The second-order valence-electron chi connectivity index (χ2n) is 2.78. The van der Waals surface area contributed by atoms with E-state index < -0.39 is 0 Å². The van der Waals surface area contributed by atoms with Gasteiger partial charge in [0.15, 0.2) is 0 Å². The first-order chi connectivity index (χ1) is 7.29. The summed E-state index contributed by atoms with van der Waals surface area (Å²) < 4.78 is 1.89. The number of nitrogens with zero attached hydrogens (tertiary/aromatic N) is 2. The van der Waals surface area contributed by atoms with E-state index in [0.717, 1.165) is 0 Å². The molecule has 84 valence electrons. The number of aryl methyl sites for hydroxylation is 2. The minimum Gasteiger partial charge on any atom is -0.268 e. The monoisotopic (exact) mass is 206 g/mol. The second-order valence-corrected chi connectivity index (χ2v) is 2.78. The lowest BCUT2D eigenvalue weighted by Crippen LogP contribution is -1.87. The van der Waals surface area contributed by atoms with Gasteiger partial charge < -0.3 is 0 Å². The number of hydrogen-bond acceptors (Lipinski definition) is 1. The van der Waals surface area contributed by atoms with Crippen LogP contribution in [0.1, 0.15) is 33.3 Å². The molecule has 1 aromatic carbocycles. The maximum atomic E-state index is 4.17. The van der Waals surface area contributed by atoms with Crippen LogP contribution in [0.15, 0.2) is 24.4 Å². The van der Waals surface area contributed by atoms with Gasteiger partial charge in [0.1, 0.15) is 0 Å². The maximum Gasteiger partial charge on any atom is 0.0681 e. The number of rotatable bonds is 0. The molecular weight excluding hydrogens is 184 g/mol. The summed E-state index contributed by atoms with van der Waals surface area (Å²) in [7, 11) is 1.96. The Balaban J connectivity index is 0.000000442. The highest BCUT2D eigenvalue weighted by atomic mass is 15.2. The van der Waals surface area contributed by atoms with Crippen molar-refractivity contribution < 1.29 is 0 Å².